The van der Waals surface area contributed by atoms with E-state index in [0.29, 0.717) is 18.4 Å². The fourth-order valence-corrected chi connectivity index (χ4v) is 2.18. The number of carbonyl (C=O) groups excluding carboxylic acids is 1. The number of carbonyl (C=O) groups is 1. The van der Waals surface area contributed by atoms with E-state index < -0.39 is 0 Å². The fourth-order valence-electron chi connectivity index (χ4n) is 2.18. The molecule has 0 aliphatic heterocycles. The molecule has 2 heteroatoms. The van der Waals surface area contributed by atoms with Crippen LogP contribution in [0.2, 0.25) is 0 Å². The van der Waals surface area contributed by atoms with Crippen molar-refractivity contribution in [2.75, 3.05) is 6.61 Å². The van der Waals surface area contributed by atoms with Crippen LogP contribution < -0.4 is 0 Å². The molecule has 0 radical (unpaired) electrons. The SMILES string of the molecule is C/C=C/[C@H](C(C)C)[C@@H](CCCC)C(=O)OCC. The van der Waals surface area contributed by atoms with Gasteiger partial charge in [0.15, 0.2) is 0 Å². The van der Waals surface area contributed by atoms with E-state index in [2.05, 4.69) is 26.8 Å². The lowest BCUT2D eigenvalue weighted by Gasteiger charge is -2.26. The highest BCUT2D eigenvalue weighted by Gasteiger charge is 2.29. The molecule has 0 saturated heterocycles. The van der Waals surface area contributed by atoms with Gasteiger partial charge in [-0.3, -0.25) is 4.79 Å². The first-order valence-corrected chi connectivity index (χ1v) is 6.87. The molecule has 0 rings (SSSR count). The van der Waals surface area contributed by atoms with Crippen molar-refractivity contribution >= 4 is 5.97 Å². The maximum atomic E-state index is 12.0. The predicted octanol–water partition coefficient (Wildman–Crippen LogP) is 4.20. The topological polar surface area (TPSA) is 26.3 Å². The van der Waals surface area contributed by atoms with Crippen molar-refractivity contribution in [1.82, 2.24) is 0 Å². The van der Waals surface area contributed by atoms with E-state index in [-0.39, 0.29) is 11.9 Å². The first kappa shape index (κ1) is 16.2. The number of ether oxygens (including phenoxy) is 1. The number of rotatable bonds is 8. The Labute approximate surface area is 106 Å². The number of esters is 1. The lowest BCUT2D eigenvalue weighted by molar-refractivity contribution is -0.150. The van der Waals surface area contributed by atoms with Crippen molar-refractivity contribution < 1.29 is 9.53 Å². The number of allylic oxidation sites excluding steroid dienone is 2. The number of hydrogen-bond donors (Lipinski definition) is 0. The van der Waals surface area contributed by atoms with Gasteiger partial charge in [0.25, 0.3) is 0 Å². The molecule has 100 valence electrons. The molecule has 2 nitrogen and oxygen atoms in total. The van der Waals surface area contributed by atoms with Gasteiger partial charge in [-0.15, -0.1) is 0 Å². The Morgan fingerprint density at radius 3 is 2.35 bits per heavy atom. The van der Waals surface area contributed by atoms with Crippen LogP contribution in [0.15, 0.2) is 12.2 Å². The molecular formula is C15H28O2. The Bertz CT molecular complexity index is 231. The molecule has 0 heterocycles. The number of hydrogen-bond acceptors (Lipinski definition) is 2. The van der Waals surface area contributed by atoms with E-state index >= 15 is 0 Å². The lowest BCUT2D eigenvalue weighted by atomic mass is 9.80. The summed E-state index contributed by atoms with van der Waals surface area (Å²) in [4.78, 5) is 12.0. The minimum atomic E-state index is -0.0299. The Morgan fingerprint density at radius 1 is 1.29 bits per heavy atom. The predicted molar refractivity (Wildman–Crippen MR) is 72.8 cm³/mol. The van der Waals surface area contributed by atoms with E-state index in [1.807, 2.05) is 19.9 Å². The summed E-state index contributed by atoms with van der Waals surface area (Å²) in [6.07, 6.45) is 7.34. The largest absolute Gasteiger partial charge is 0.466 e. The molecule has 0 aromatic carbocycles. The fraction of sp³-hybridized carbons (Fsp3) is 0.800. The van der Waals surface area contributed by atoms with Gasteiger partial charge in [-0.05, 0) is 32.1 Å². The van der Waals surface area contributed by atoms with E-state index in [0.717, 1.165) is 19.3 Å². The summed E-state index contributed by atoms with van der Waals surface area (Å²) in [5.74, 6) is 0.756. The van der Waals surface area contributed by atoms with Crippen molar-refractivity contribution in [1.29, 1.82) is 0 Å². The van der Waals surface area contributed by atoms with Gasteiger partial charge < -0.3 is 4.74 Å². The van der Waals surface area contributed by atoms with E-state index in [9.17, 15) is 4.79 Å². The molecule has 2 atom stereocenters. The van der Waals surface area contributed by atoms with Crippen LogP contribution >= 0.6 is 0 Å². The summed E-state index contributed by atoms with van der Waals surface area (Å²) in [5, 5.41) is 0. The third-order valence-corrected chi connectivity index (χ3v) is 3.11. The third kappa shape index (κ3) is 5.90. The molecule has 0 saturated carbocycles. The van der Waals surface area contributed by atoms with Crippen LogP contribution in [0.4, 0.5) is 0 Å². The second-order valence-electron chi connectivity index (χ2n) is 4.85. The molecule has 0 spiro atoms. The van der Waals surface area contributed by atoms with Crippen molar-refractivity contribution in [2.24, 2.45) is 17.8 Å². The average Bonchev–Trinajstić information content (AvgIpc) is 2.28. The highest BCUT2D eigenvalue weighted by Crippen LogP contribution is 2.28. The van der Waals surface area contributed by atoms with Gasteiger partial charge in [0, 0.05) is 0 Å². The van der Waals surface area contributed by atoms with Gasteiger partial charge in [-0.1, -0.05) is 45.8 Å². The molecule has 0 aromatic rings. The van der Waals surface area contributed by atoms with Gasteiger partial charge in [-0.25, -0.2) is 0 Å². The van der Waals surface area contributed by atoms with Crippen molar-refractivity contribution in [3.8, 4) is 0 Å². The normalized spacial score (nSPS) is 15.2. The average molecular weight is 240 g/mol. The zero-order valence-electron chi connectivity index (χ0n) is 12.0. The lowest BCUT2D eigenvalue weighted by Crippen LogP contribution is -2.28. The van der Waals surface area contributed by atoms with E-state index in [1.54, 1.807) is 0 Å². The second kappa shape index (κ2) is 9.26. The maximum absolute atomic E-state index is 12.0. The molecule has 0 bridgehead atoms. The van der Waals surface area contributed by atoms with E-state index in [4.69, 9.17) is 4.74 Å². The molecule has 0 unspecified atom stereocenters. The Balaban J connectivity index is 4.77. The molecule has 0 fully saturated rings. The molecule has 0 N–H and O–H groups in total. The molecule has 17 heavy (non-hydrogen) atoms. The Kier molecular flexibility index (Phi) is 8.83. The van der Waals surface area contributed by atoms with Crippen LogP contribution in [-0.4, -0.2) is 12.6 Å². The molecule has 0 aliphatic rings. The summed E-state index contributed by atoms with van der Waals surface area (Å²) in [7, 11) is 0. The Hall–Kier alpha value is -0.790. The van der Waals surface area contributed by atoms with Gasteiger partial charge >= 0.3 is 5.97 Å². The summed E-state index contributed by atoms with van der Waals surface area (Å²) < 4.78 is 5.21. The molecule has 0 aromatic heterocycles. The molecular weight excluding hydrogens is 212 g/mol. The molecule has 0 amide bonds. The quantitative estimate of drug-likeness (QED) is 0.469. The van der Waals surface area contributed by atoms with Crippen LogP contribution in [0.5, 0.6) is 0 Å². The Morgan fingerprint density at radius 2 is 1.94 bits per heavy atom. The number of unbranched alkanes of at least 4 members (excludes halogenated alkanes) is 1. The van der Waals surface area contributed by atoms with Crippen molar-refractivity contribution in [2.45, 2.75) is 53.9 Å². The summed E-state index contributed by atoms with van der Waals surface area (Å²) >= 11 is 0. The van der Waals surface area contributed by atoms with Crippen LogP contribution in [0, 0.1) is 17.8 Å². The minimum Gasteiger partial charge on any atom is -0.466 e. The second-order valence-corrected chi connectivity index (χ2v) is 4.85. The first-order valence-electron chi connectivity index (χ1n) is 6.87. The third-order valence-electron chi connectivity index (χ3n) is 3.11. The van der Waals surface area contributed by atoms with Crippen LogP contribution in [0.3, 0.4) is 0 Å². The monoisotopic (exact) mass is 240 g/mol. The smallest absolute Gasteiger partial charge is 0.309 e. The van der Waals surface area contributed by atoms with E-state index in [1.165, 1.54) is 0 Å². The van der Waals surface area contributed by atoms with Crippen molar-refractivity contribution in [3.05, 3.63) is 12.2 Å². The summed E-state index contributed by atoms with van der Waals surface area (Å²) in [6, 6.07) is 0. The summed E-state index contributed by atoms with van der Waals surface area (Å²) in [6.45, 7) is 10.8. The van der Waals surface area contributed by atoms with Crippen LogP contribution in [-0.2, 0) is 9.53 Å². The van der Waals surface area contributed by atoms with Crippen molar-refractivity contribution in [3.63, 3.8) is 0 Å². The van der Waals surface area contributed by atoms with Crippen LogP contribution in [0.25, 0.3) is 0 Å². The summed E-state index contributed by atoms with van der Waals surface area (Å²) in [5.41, 5.74) is 0. The van der Waals surface area contributed by atoms with Gasteiger partial charge in [0.1, 0.15) is 0 Å². The van der Waals surface area contributed by atoms with Gasteiger partial charge in [0.2, 0.25) is 0 Å². The zero-order chi connectivity index (χ0) is 13.3. The van der Waals surface area contributed by atoms with Gasteiger partial charge in [-0.2, -0.15) is 0 Å². The van der Waals surface area contributed by atoms with Gasteiger partial charge in [0.05, 0.1) is 12.5 Å². The van der Waals surface area contributed by atoms with Crippen LogP contribution in [0.1, 0.15) is 53.9 Å². The zero-order valence-corrected chi connectivity index (χ0v) is 12.0. The minimum absolute atomic E-state index is 0.0195. The first-order chi connectivity index (χ1) is 8.08. The maximum Gasteiger partial charge on any atom is 0.309 e. The highest BCUT2D eigenvalue weighted by molar-refractivity contribution is 5.73. The standard InChI is InChI=1S/C15H28O2/c1-6-9-11-14(15(16)17-8-3)13(10-7-2)12(4)5/h7,10,12-14H,6,8-9,11H2,1-5H3/b10-7+/t13-,14-/m1/s1. The highest BCUT2D eigenvalue weighted by atomic mass is 16.5. The molecule has 0 aliphatic carbocycles.